The smallest absolute Gasteiger partial charge is 0.410 e. The molecule has 0 spiro atoms. The molecule has 0 aliphatic heterocycles. The number of aliphatic hydroxyl groups is 2. The summed E-state index contributed by atoms with van der Waals surface area (Å²) in [5.74, 6) is -0.0942. The topological polar surface area (TPSA) is 78.8 Å². The summed E-state index contributed by atoms with van der Waals surface area (Å²) in [6.07, 6.45) is -1.88. The lowest BCUT2D eigenvalue weighted by atomic mass is 9.91. The molecule has 5 nitrogen and oxygen atoms in total. The quantitative estimate of drug-likeness (QED) is 0.766. The Morgan fingerprint density at radius 3 is 2.25 bits per heavy atom. The molecule has 1 fully saturated rings. The van der Waals surface area contributed by atoms with E-state index in [0.29, 0.717) is 11.3 Å². The summed E-state index contributed by atoms with van der Waals surface area (Å²) in [5.41, 5.74) is 0.660. The van der Waals surface area contributed by atoms with Gasteiger partial charge < -0.3 is 20.3 Å². The molecule has 0 aromatic heterocycles. The first-order valence-electron chi connectivity index (χ1n) is 6.82. The Bertz CT molecular complexity index is 477. The zero-order valence-electron chi connectivity index (χ0n) is 11.9. The van der Waals surface area contributed by atoms with E-state index >= 15 is 0 Å². The van der Waals surface area contributed by atoms with Crippen LogP contribution in [0, 0.1) is 11.8 Å². The van der Waals surface area contributed by atoms with Gasteiger partial charge in [-0.1, -0.05) is 32.0 Å². The third-order valence-corrected chi connectivity index (χ3v) is 4.33. The van der Waals surface area contributed by atoms with Crippen LogP contribution >= 0.6 is 0 Å². The van der Waals surface area contributed by atoms with Crippen molar-refractivity contribution in [3.63, 3.8) is 0 Å². The number of ether oxygens (including phenoxy) is 1. The van der Waals surface area contributed by atoms with Crippen molar-refractivity contribution in [1.82, 2.24) is 5.32 Å². The minimum atomic E-state index is -0.658. The van der Waals surface area contributed by atoms with Crippen molar-refractivity contribution >= 4 is 6.09 Å². The van der Waals surface area contributed by atoms with Crippen LogP contribution in [0.2, 0.25) is 0 Å². The van der Waals surface area contributed by atoms with E-state index in [4.69, 9.17) is 4.74 Å². The van der Waals surface area contributed by atoms with Gasteiger partial charge >= 0.3 is 6.09 Å². The highest BCUT2D eigenvalue weighted by Gasteiger charge is 2.46. The van der Waals surface area contributed by atoms with Gasteiger partial charge in [-0.2, -0.15) is 0 Å². The summed E-state index contributed by atoms with van der Waals surface area (Å²) >= 11 is 0. The highest BCUT2D eigenvalue weighted by molar-refractivity contribution is 5.70. The maximum Gasteiger partial charge on any atom is 0.412 e. The maximum absolute atomic E-state index is 11.4. The van der Waals surface area contributed by atoms with Gasteiger partial charge in [0.2, 0.25) is 0 Å². The molecule has 1 aromatic rings. The van der Waals surface area contributed by atoms with Crippen LogP contribution in [0.4, 0.5) is 4.79 Å². The highest BCUT2D eigenvalue weighted by Crippen LogP contribution is 2.45. The van der Waals surface area contributed by atoms with Crippen molar-refractivity contribution in [3.8, 4) is 5.75 Å². The van der Waals surface area contributed by atoms with E-state index in [0.717, 1.165) is 0 Å². The third kappa shape index (κ3) is 2.51. The predicted octanol–water partition coefficient (Wildman–Crippen LogP) is 1.50. The third-order valence-electron chi connectivity index (χ3n) is 4.33. The second-order valence-electron chi connectivity index (χ2n) is 5.40. The molecule has 1 saturated carbocycles. The van der Waals surface area contributed by atoms with Crippen LogP contribution < -0.4 is 10.1 Å². The number of carbonyl (C=O) groups excluding carboxylic acids is 1. The molecule has 1 aromatic carbocycles. The van der Waals surface area contributed by atoms with Gasteiger partial charge in [-0.25, -0.2) is 4.79 Å². The number of para-hydroxylation sites is 1. The van der Waals surface area contributed by atoms with Gasteiger partial charge in [0.05, 0.1) is 12.2 Å². The van der Waals surface area contributed by atoms with Crippen molar-refractivity contribution < 1.29 is 19.7 Å². The standard InChI is InChI=1S/C15H21NO4/c1-8-9(2)14(18)12(13(8)17)10-6-4-5-7-11(10)20-15(19)16-3/h4-9,12-14,17-18H,1-3H3,(H,16,19). The lowest BCUT2D eigenvalue weighted by Gasteiger charge is -2.22. The van der Waals surface area contributed by atoms with Crippen LogP contribution in [0.1, 0.15) is 25.3 Å². The Morgan fingerprint density at radius 2 is 1.70 bits per heavy atom. The molecule has 110 valence electrons. The van der Waals surface area contributed by atoms with Gasteiger partial charge in [0.1, 0.15) is 5.75 Å². The fourth-order valence-electron chi connectivity index (χ4n) is 2.85. The van der Waals surface area contributed by atoms with Gasteiger partial charge in [0.25, 0.3) is 0 Å². The molecule has 4 unspecified atom stereocenters. The first-order chi connectivity index (χ1) is 9.47. The van der Waals surface area contributed by atoms with E-state index in [1.54, 1.807) is 24.3 Å². The largest absolute Gasteiger partial charge is 0.412 e. The zero-order valence-corrected chi connectivity index (χ0v) is 11.9. The van der Waals surface area contributed by atoms with E-state index in [1.807, 2.05) is 13.8 Å². The number of amides is 1. The van der Waals surface area contributed by atoms with E-state index in [2.05, 4.69) is 5.32 Å². The van der Waals surface area contributed by atoms with E-state index < -0.39 is 24.2 Å². The Morgan fingerprint density at radius 1 is 1.15 bits per heavy atom. The SMILES string of the molecule is CNC(=O)Oc1ccccc1C1C(O)C(C)C(C)C1O. The van der Waals surface area contributed by atoms with Crippen molar-refractivity contribution in [3.05, 3.63) is 29.8 Å². The van der Waals surface area contributed by atoms with Crippen molar-refractivity contribution in [1.29, 1.82) is 0 Å². The fourth-order valence-corrected chi connectivity index (χ4v) is 2.85. The molecule has 2 rings (SSSR count). The van der Waals surface area contributed by atoms with Crippen molar-refractivity contribution in [2.75, 3.05) is 7.05 Å². The van der Waals surface area contributed by atoms with Gasteiger partial charge in [0, 0.05) is 18.5 Å². The average molecular weight is 279 g/mol. The van der Waals surface area contributed by atoms with Gasteiger partial charge in [-0.3, -0.25) is 0 Å². The van der Waals surface area contributed by atoms with Crippen molar-refractivity contribution in [2.45, 2.75) is 32.0 Å². The average Bonchev–Trinajstić information content (AvgIpc) is 2.64. The van der Waals surface area contributed by atoms with Crippen LogP contribution in [0.5, 0.6) is 5.75 Å². The fraction of sp³-hybridized carbons (Fsp3) is 0.533. The lowest BCUT2D eigenvalue weighted by Crippen LogP contribution is -2.26. The minimum absolute atomic E-state index is 0.0111. The van der Waals surface area contributed by atoms with E-state index in [1.165, 1.54) is 7.05 Å². The number of carbonyl (C=O) groups is 1. The van der Waals surface area contributed by atoms with Crippen LogP contribution in [-0.4, -0.2) is 35.6 Å². The Hall–Kier alpha value is -1.59. The van der Waals surface area contributed by atoms with Crippen LogP contribution in [0.25, 0.3) is 0 Å². The molecule has 5 heteroatoms. The molecule has 1 aliphatic carbocycles. The summed E-state index contributed by atoms with van der Waals surface area (Å²) in [5, 5.41) is 23.1. The molecular weight excluding hydrogens is 258 g/mol. The van der Waals surface area contributed by atoms with E-state index in [-0.39, 0.29) is 11.8 Å². The first kappa shape index (κ1) is 14.8. The normalized spacial score (nSPS) is 33.0. The molecule has 1 amide bonds. The molecule has 0 saturated heterocycles. The molecule has 0 radical (unpaired) electrons. The Kier molecular flexibility index (Phi) is 4.30. The summed E-state index contributed by atoms with van der Waals surface area (Å²) in [7, 11) is 1.48. The second-order valence-corrected chi connectivity index (χ2v) is 5.40. The molecule has 0 heterocycles. The molecule has 3 N–H and O–H groups in total. The zero-order chi connectivity index (χ0) is 14.9. The van der Waals surface area contributed by atoms with Gasteiger partial charge in [0.15, 0.2) is 0 Å². The predicted molar refractivity (Wildman–Crippen MR) is 74.6 cm³/mol. The molecule has 0 bridgehead atoms. The first-order valence-corrected chi connectivity index (χ1v) is 6.82. The molecule has 20 heavy (non-hydrogen) atoms. The lowest BCUT2D eigenvalue weighted by molar-refractivity contribution is 0.0923. The number of hydrogen-bond donors (Lipinski definition) is 3. The van der Waals surface area contributed by atoms with Gasteiger partial charge in [-0.15, -0.1) is 0 Å². The maximum atomic E-state index is 11.4. The van der Waals surface area contributed by atoms with Crippen molar-refractivity contribution in [2.24, 2.45) is 11.8 Å². The summed E-state index contributed by atoms with van der Waals surface area (Å²) in [4.78, 5) is 11.4. The minimum Gasteiger partial charge on any atom is -0.410 e. The summed E-state index contributed by atoms with van der Waals surface area (Å²) in [6, 6.07) is 7.00. The second kappa shape index (κ2) is 5.81. The van der Waals surface area contributed by atoms with Crippen LogP contribution in [0.3, 0.4) is 0 Å². The monoisotopic (exact) mass is 279 g/mol. The number of rotatable bonds is 2. The van der Waals surface area contributed by atoms with Crippen LogP contribution in [-0.2, 0) is 0 Å². The number of hydrogen-bond acceptors (Lipinski definition) is 4. The summed E-state index contributed by atoms with van der Waals surface area (Å²) in [6.45, 7) is 3.83. The number of nitrogens with one attached hydrogen (secondary N) is 1. The Labute approximate surface area is 118 Å². The van der Waals surface area contributed by atoms with Crippen LogP contribution in [0.15, 0.2) is 24.3 Å². The molecule has 4 atom stereocenters. The molecular formula is C15H21NO4. The van der Waals surface area contributed by atoms with Gasteiger partial charge in [-0.05, 0) is 17.9 Å². The molecule has 1 aliphatic rings. The van der Waals surface area contributed by atoms with E-state index in [9.17, 15) is 15.0 Å². The summed E-state index contributed by atoms with van der Waals surface area (Å²) < 4.78 is 5.20. The number of benzene rings is 1. The number of aliphatic hydroxyl groups excluding tert-OH is 2. The Balaban J connectivity index is 2.35. The highest BCUT2D eigenvalue weighted by atomic mass is 16.6.